The number of imidazole rings is 1. The second kappa shape index (κ2) is 8.42. The predicted octanol–water partition coefficient (Wildman–Crippen LogP) is 3.46. The van der Waals surface area contributed by atoms with E-state index in [1.807, 2.05) is 24.3 Å². The molecule has 1 amide bonds. The summed E-state index contributed by atoms with van der Waals surface area (Å²) in [5, 5.41) is 2.85. The van der Waals surface area contributed by atoms with Crippen molar-refractivity contribution in [1.29, 1.82) is 0 Å². The first-order chi connectivity index (χ1) is 12.6. The molecule has 1 heterocycles. The molecule has 1 aromatic heterocycles. The normalized spacial score (nSPS) is 11.0. The number of halogens is 2. The molecule has 3 aromatic rings. The third kappa shape index (κ3) is 5.02. The molecule has 5 nitrogen and oxygen atoms in total. The zero-order valence-corrected chi connectivity index (χ0v) is 14.0. The van der Waals surface area contributed by atoms with E-state index in [0.29, 0.717) is 6.54 Å². The summed E-state index contributed by atoms with van der Waals surface area (Å²) in [6.45, 7) is -2.31. The molecular formula is C19H19F2N3O2. The number of fused-ring (bicyclic) bond motifs is 1. The molecule has 0 saturated carbocycles. The van der Waals surface area contributed by atoms with E-state index >= 15 is 0 Å². The van der Waals surface area contributed by atoms with Crippen LogP contribution in [0.1, 0.15) is 17.8 Å². The molecule has 0 atom stereocenters. The zero-order chi connectivity index (χ0) is 18.4. The van der Waals surface area contributed by atoms with Gasteiger partial charge in [-0.3, -0.25) is 4.79 Å². The molecule has 0 saturated heterocycles. The maximum absolute atomic E-state index is 12.1. The number of carbonyl (C=O) groups excluding carboxylic acids is 1. The molecule has 0 spiro atoms. The Morgan fingerprint density at radius 3 is 2.65 bits per heavy atom. The number of carbonyl (C=O) groups is 1. The van der Waals surface area contributed by atoms with Gasteiger partial charge < -0.3 is 15.0 Å². The first-order valence-corrected chi connectivity index (χ1v) is 8.34. The van der Waals surface area contributed by atoms with Gasteiger partial charge in [0.15, 0.2) is 0 Å². The Balaban J connectivity index is 1.39. The number of nitrogens with one attached hydrogen (secondary N) is 2. The van der Waals surface area contributed by atoms with Gasteiger partial charge in [-0.1, -0.05) is 24.3 Å². The lowest BCUT2D eigenvalue weighted by molar-refractivity contribution is -0.120. The van der Waals surface area contributed by atoms with E-state index in [4.69, 9.17) is 0 Å². The summed E-state index contributed by atoms with van der Waals surface area (Å²) >= 11 is 0. The Labute approximate surface area is 149 Å². The van der Waals surface area contributed by atoms with Crippen molar-refractivity contribution in [2.24, 2.45) is 0 Å². The maximum atomic E-state index is 12.1. The van der Waals surface area contributed by atoms with Crippen molar-refractivity contribution in [3.05, 3.63) is 59.9 Å². The van der Waals surface area contributed by atoms with E-state index in [0.717, 1.165) is 35.3 Å². The van der Waals surface area contributed by atoms with Crippen molar-refractivity contribution >= 4 is 16.9 Å². The fourth-order valence-corrected chi connectivity index (χ4v) is 2.64. The predicted molar refractivity (Wildman–Crippen MR) is 94.2 cm³/mol. The Kier molecular flexibility index (Phi) is 5.78. The van der Waals surface area contributed by atoms with Gasteiger partial charge in [-0.05, 0) is 36.2 Å². The highest BCUT2D eigenvalue weighted by Gasteiger charge is 2.07. The summed E-state index contributed by atoms with van der Waals surface area (Å²) in [4.78, 5) is 19.7. The van der Waals surface area contributed by atoms with E-state index < -0.39 is 6.61 Å². The van der Waals surface area contributed by atoms with Crippen LogP contribution in [0.25, 0.3) is 11.0 Å². The minimum Gasteiger partial charge on any atom is -0.435 e. The van der Waals surface area contributed by atoms with E-state index in [-0.39, 0.29) is 18.1 Å². The van der Waals surface area contributed by atoms with Crippen molar-refractivity contribution in [2.75, 3.05) is 6.54 Å². The molecule has 7 heteroatoms. The van der Waals surface area contributed by atoms with Crippen LogP contribution in [0.15, 0.2) is 48.5 Å². The summed E-state index contributed by atoms with van der Waals surface area (Å²) < 4.78 is 28.5. The van der Waals surface area contributed by atoms with Gasteiger partial charge in [0.05, 0.1) is 17.5 Å². The number of hydrogen-bond donors (Lipinski definition) is 2. The van der Waals surface area contributed by atoms with Crippen molar-refractivity contribution in [3.8, 4) is 5.75 Å². The molecule has 0 aliphatic carbocycles. The number of amides is 1. The van der Waals surface area contributed by atoms with Crippen LogP contribution >= 0.6 is 0 Å². The highest BCUT2D eigenvalue weighted by molar-refractivity contribution is 5.78. The fourth-order valence-electron chi connectivity index (χ4n) is 2.64. The second-order valence-corrected chi connectivity index (χ2v) is 5.85. The van der Waals surface area contributed by atoms with Crippen LogP contribution in [0.3, 0.4) is 0 Å². The van der Waals surface area contributed by atoms with Crippen LogP contribution in [0.4, 0.5) is 8.78 Å². The molecule has 0 bridgehead atoms. The molecule has 136 valence electrons. The first kappa shape index (κ1) is 17.8. The van der Waals surface area contributed by atoms with E-state index in [1.54, 1.807) is 12.1 Å². The van der Waals surface area contributed by atoms with Gasteiger partial charge in [-0.2, -0.15) is 8.78 Å². The third-order valence-electron chi connectivity index (χ3n) is 3.86. The molecule has 0 radical (unpaired) electrons. The summed E-state index contributed by atoms with van der Waals surface area (Å²) in [7, 11) is 0. The fraction of sp³-hybridized carbons (Fsp3) is 0.263. The van der Waals surface area contributed by atoms with Crippen LogP contribution in [0, 0.1) is 0 Å². The standard InChI is InChI=1S/C19H19F2N3O2/c20-19(21)26-14-9-7-13(8-10-14)12-18(25)22-11-3-6-17-23-15-4-1-2-5-16(15)24-17/h1-2,4-5,7-10,19H,3,6,11-12H2,(H,22,25)(H,23,24). The molecular weight excluding hydrogens is 340 g/mol. The number of benzene rings is 2. The van der Waals surface area contributed by atoms with Gasteiger partial charge >= 0.3 is 6.61 Å². The van der Waals surface area contributed by atoms with E-state index in [1.165, 1.54) is 12.1 Å². The molecule has 0 aliphatic rings. The summed E-state index contributed by atoms with van der Waals surface area (Å²) in [5.41, 5.74) is 2.68. The van der Waals surface area contributed by atoms with Crippen molar-refractivity contribution < 1.29 is 18.3 Å². The average Bonchev–Trinajstić information content (AvgIpc) is 3.03. The maximum Gasteiger partial charge on any atom is 0.387 e. The zero-order valence-electron chi connectivity index (χ0n) is 14.0. The van der Waals surface area contributed by atoms with Crippen LogP contribution in [-0.2, 0) is 17.6 Å². The lowest BCUT2D eigenvalue weighted by atomic mass is 10.1. The van der Waals surface area contributed by atoms with Crippen LogP contribution in [-0.4, -0.2) is 29.0 Å². The van der Waals surface area contributed by atoms with E-state index in [2.05, 4.69) is 20.0 Å². The van der Waals surface area contributed by atoms with Gasteiger partial charge in [-0.25, -0.2) is 4.98 Å². The monoisotopic (exact) mass is 359 g/mol. The van der Waals surface area contributed by atoms with E-state index in [9.17, 15) is 13.6 Å². The summed E-state index contributed by atoms with van der Waals surface area (Å²) in [6, 6.07) is 13.9. The second-order valence-electron chi connectivity index (χ2n) is 5.85. The SMILES string of the molecule is O=C(Cc1ccc(OC(F)F)cc1)NCCCc1nc2ccccc2[nH]1. The van der Waals surface area contributed by atoms with Crippen molar-refractivity contribution in [2.45, 2.75) is 25.9 Å². The highest BCUT2D eigenvalue weighted by Crippen LogP contribution is 2.15. The molecule has 2 aromatic carbocycles. The molecule has 0 fully saturated rings. The van der Waals surface area contributed by atoms with Gasteiger partial charge in [0, 0.05) is 13.0 Å². The molecule has 2 N–H and O–H groups in total. The number of rotatable bonds is 8. The summed E-state index contributed by atoms with van der Waals surface area (Å²) in [5.74, 6) is 0.863. The van der Waals surface area contributed by atoms with Crippen molar-refractivity contribution in [3.63, 3.8) is 0 Å². The van der Waals surface area contributed by atoms with Crippen LogP contribution in [0.5, 0.6) is 5.75 Å². The number of H-pyrrole nitrogens is 1. The smallest absolute Gasteiger partial charge is 0.387 e. The highest BCUT2D eigenvalue weighted by atomic mass is 19.3. The Morgan fingerprint density at radius 1 is 1.15 bits per heavy atom. The number of alkyl halides is 2. The molecule has 3 rings (SSSR count). The Bertz CT molecular complexity index is 830. The summed E-state index contributed by atoms with van der Waals surface area (Å²) in [6.07, 6.45) is 1.71. The van der Waals surface area contributed by atoms with Gasteiger partial charge in [0.1, 0.15) is 11.6 Å². The van der Waals surface area contributed by atoms with Gasteiger partial charge in [0.25, 0.3) is 0 Å². The number of para-hydroxylation sites is 2. The Morgan fingerprint density at radius 2 is 1.92 bits per heavy atom. The number of aryl methyl sites for hydroxylation is 1. The Hall–Kier alpha value is -2.96. The van der Waals surface area contributed by atoms with Crippen molar-refractivity contribution in [1.82, 2.24) is 15.3 Å². The topological polar surface area (TPSA) is 67.0 Å². The lowest BCUT2D eigenvalue weighted by Crippen LogP contribution is -2.26. The molecule has 0 aliphatic heterocycles. The number of ether oxygens (including phenoxy) is 1. The largest absolute Gasteiger partial charge is 0.435 e. The van der Waals surface area contributed by atoms with Gasteiger partial charge in [0.2, 0.25) is 5.91 Å². The number of hydrogen-bond acceptors (Lipinski definition) is 3. The average molecular weight is 359 g/mol. The minimum atomic E-state index is -2.85. The van der Waals surface area contributed by atoms with Crippen LogP contribution < -0.4 is 10.1 Å². The molecule has 26 heavy (non-hydrogen) atoms. The number of nitrogens with zero attached hydrogens (tertiary/aromatic N) is 1. The third-order valence-corrected chi connectivity index (χ3v) is 3.86. The van der Waals surface area contributed by atoms with Crippen LogP contribution in [0.2, 0.25) is 0 Å². The quantitative estimate of drug-likeness (QED) is 0.606. The number of aromatic nitrogens is 2. The molecule has 0 unspecified atom stereocenters. The lowest BCUT2D eigenvalue weighted by Gasteiger charge is -2.07. The number of aromatic amines is 1. The first-order valence-electron chi connectivity index (χ1n) is 8.34. The van der Waals surface area contributed by atoms with Gasteiger partial charge in [-0.15, -0.1) is 0 Å². The minimum absolute atomic E-state index is 0.0787.